The average Bonchev–Trinajstić information content (AvgIpc) is 2.79. The standard InChI is InChI=1S/C24H29Cl2N3O4/c1-15(7-9-17-10-8-16-4-3-12-27-22(16)28-17)14-33-13-11-20(24(31)32)29-23(30)21-18(25)5-2-6-19(21)26/h2,5-6,8,10,15,20H,3-4,7,9,11-14H2,1H3,(H,27,28)(H,29,30)(H,31,32)/t15-,20-/m0/s1. The molecule has 0 unspecified atom stereocenters. The number of hydrogen-bond acceptors (Lipinski definition) is 5. The second-order valence-electron chi connectivity index (χ2n) is 8.31. The minimum Gasteiger partial charge on any atom is -0.480 e. The molecule has 3 N–H and O–H groups in total. The van der Waals surface area contributed by atoms with Gasteiger partial charge in [0.2, 0.25) is 0 Å². The molecule has 2 atom stereocenters. The predicted molar refractivity (Wildman–Crippen MR) is 129 cm³/mol. The Kier molecular flexibility index (Phi) is 9.35. The lowest BCUT2D eigenvalue weighted by molar-refractivity contribution is -0.139. The van der Waals surface area contributed by atoms with Crippen LogP contribution in [0.1, 0.15) is 47.8 Å². The molecule has 33 heavy (non-hydrogen) atoms. The van der Waals surface area contributed by atoms with Gasteiger partial charge < -0.3 is 20.5 Å². The number of nitrogens with one attached hydrogen (secondary N) is 2. The summed E-state index contributed by atoms with van der Waals surface area (Å²) in [5, 5.41) is 15.6. The SMILES string of the molecule is C[C@@H](CCc1ccc2c(n1)NCCC2)COCC[C@H](NC(=O)c1c(Cl)cccc1Cl)C(=O)O. The van der Waals surface area contributed by atoms with Gasteiger partial charge in [0.1, 0.15) is 11.9 Å². The zero-order chi connectivity index (χ0) is 23.8. The van der Waals surface area contributed by atoms with Crippen molar-refractivity contribution in [3.05, 3.63) is 57.2 Å². The third-order valence-corrected chi connectivity index (χ3v) is 6.22. The molecular formula is C24H29Cl2N3O4. The predicted octanol–water partition coefficient (Wildman–Crippen LogP) is 4.61. The lowest BCUT2D eigenvalue weighted by Crippen LogP contribution is -2.41. The van der Waals surface area contributed by atoms with Gasteiger partial charge >= 0.3 is 5.97 Å². The molecule has 9 heteroatoms. The second kappa shape index (κ2) is 12.2. The fourth-order valence-corrected chi connectivity index (χ4v) is 4.24. The minimum absolute atomic E-state index is 0.0626. The van der Waals surface area contributed by atoms with Gasteiger partial charge in [-0.1, -0.05) is 42.3 Å². The Balaban J connectivity index is 1.40. The number of carbonyl (C=O) groups is 2. The molecule has 178 valence electrons. The quantitative estimate of drug-likeness (QED) is 0.395. The number of anilines is 1. The number of amides is 1. The van der Waals surface area contributed by atoms with Crippen molar-refractivity contribution in [1.29, 1.82) is 0 Å². The molecule has 1 amide bonds. The van der Waals surface area contributed by atoms with Crippen molar-refractivity contribution < 1.29 is 19.4 Å². The number of aromatic nitrogens is 1. The molecule has 7 nitrogen and oxygen atoms in total. The summed E-state index contributed by atoms with van der Waals surface area (Å²) >= 11 is 12.1. The molecule has 0 saturated heterocycles. The van der Waals surface area contributed by atoms with Crippen LogP contribution in [0.2, 0.25) is 10.0 Å². The number of carboxylic acids is 1. The molecule has 0 saturated carbocycles. The van der Waals surface area contributed by atoms with Gasteiger partial charge in [-0.15, -0.1) is 0 Å². The van der Waals surface area contributed by atoms with Crippen molar-refractivity contribution in [2.75, 3.05) is 25.1 Å². The molecule has 0 bridgehead atoms. The number of nitrogens with zero attached hydrogens (tertiary/aromatic N) is 1. The number of carboxylic acid groups (broad SMARTS) is 1. The van der Waals surface area contributed by atoms with Crippen molar-refractivity contribution in [3.63, 3.8) is 0 Å². The van der Waals surface area contributed by atoms with E-state index >= 15 is 0 Å². The Morgan fingerprint density at radius 1 is 1.21 bits per heavy atom. The molecular weight excluding hydrogens is 465 g/mol. The van der Waals surface area contributed by atoms with Gasteiger partial charge in [-0.3, -0.25) is 4.79 Å². The number of aryl methyl sites for hydroxylation is 2. The van der Waals surface area contributed by atoms with Crippen molar-refractivity contribution in [1.82, 2.24) is 10.3 Å². The van der Waals surface area contributed by atoms with Gasteiger partial charge in [0.05, 0.1) is 15.6 Å². The Bertz CT molecular complexity index is 966. The lowest BCUT2D eigenvalue weighted by atomic mass is 10.0. The topological polar surface area (TPSA) is 101 Å². The van der Waals surface area contributed by atoms with E-state index in [1.54, 1.807) is 6.07 Å². The molecule has 3 rings (SSSR count). The van der Waals surface area contributed by atoms with Gasteiger partial charge in [-0.05, 0) is 55.4 Å². The van der Waals surface area contributed by atoms with Crippen molar-refractivity contribution in [2.24, 2.45) is 5.92 Å². The summed E-state index contributed by atoms with van der Waals surface area (Å²) in [6.07, 6.45) is 4.11. The molecule has 1 aliphatic rings. The van der Waals surface area contributed by atoms with Crippen LogP contribution in [-0.2, 0) is 22.4 Å². The highest BCUT2D eigenvalue weighted by Gasteiger charge is 2.23. The Hall–Kier alpha value is -2.35. The fourth-order valence-electron chi connectivity index (χ4n) is 3.67. The van der Waals surface area contributed by atoms with E-state index in [1.165, 1.54) is 17.7 Å². The van der Waals surface area contributed by atoms with Crippen molar-refractivity contribution in [3.8, 4) is 0 Å². The van der Waals surface area contributed by atoms with E-state index in [9.17, 15) is 14.7 Å². The number of aliphatic carboxylic acids is 1. The highest BCUT2D eigenvalue weighted by Crippen LogP contribution is 2.24. The summed E-state index contributed by atoms with van der Waals surface area (Å²) in [4.78, 5) is 28.7. The van der Waals surface area contributed by atoms with Gasteiger partial charge in [-0.2, -0.15) is 0 Å². The molecule has 1 aromatic heterocycles. The number of benzene rings is 1. The van der Waals surface area contributed by atoms with Crippen LogP contribution in [0.25, 0.3) is 0 Å². The lowest BCUT2D eigenvalue weighted by Gasteiger charge is -2.18. The molecule has 2 aromatic rings. The van der Waals surface area contributed by atoms with Gasteiger partial charge in [-0.25, -0.2) is 9.78 Å². The Morgan fingerprint density at radius 2 is 1.97 bits per heavy atom. The summed E-state index contributed by atoms with van der Waals surface area (Å²) in [5.74, 6) is -0.480. The summed E-state index contributed by atoms with van der Waals surface area (Å²) in [5.41, 5.74) is 2.40. The third-order valence-electron chi connectivity index (χ3n) is 5.59. The van der Waals surface area contributed by atoms with Crippen molar-refractivity contribution in [2.45, 2.75) is 45.1 Å². The highest BCUT2D eigenvalue weighted by atomic mass is 35.5. The Labute approximate surface area is 203 Å². The summed E-state index contributed by atoms with van der Waals surface area (Å²) in [6.45, 7) is 3.77. The van der Waals surface area contributed by atoms with Gasteiger partial charge in [0.25, 0.3) is 5.91 Å². The van der Waals surface area contributed by atoms with Crippen molar-refractivity contribution >= 4 is 40.9 Å². The van der Waals surface area contributed by atoms with Gasteiger partial charge in [0.15, 0.2) is 0 Å². The number of carbonyl (C=O) groups excluding carboxylic acids is 1. The maximum Gasteiger partial charge on any atom is 0.326 e. The highest BCUT2D eigenvalue weighted by molar-refractivity contribution is 6.39. The first-order valence-corrected chi connectivity index (χ1v) is 11.9. The van der Waals surface area contributed by atoms with E-state index in [1.807, 2.05) is 0 Å². The minimum atomic E-state index is -1.14. The maximum absolute atomic E-state index is 12.5. The second-order valence-corrected chi connectivity index (χ2v) is 9.12. The van der Waals surface area contributed by atoms with E-state index in [0.717, 1.165) is 43.7 Å². The number of pyridine rings is 1. The van der Waals surface area contributed by atoms with Crippen LogP contribution >= 0.6 is 23.2 Å². The first-order valence-electron chi connectivity index (χ1n) is 11.1. The van der Waals surface area contributed by atoms with Gasteiger partial charge in [0, 0.05) is 31.9 Å². The van der Waals surface area contributed by atoms with E-state index in [-0.39, 0.29) is 34.6 Å². The van der Waals surface area contributed by atoms with E-state index in [2.05, 4.69) is 29.7 Å². The maximum atomic E-state index is 12.5. The van der Waals surface area contributed by atoms with Crippen LogP contribution in [0, 0.1) is 5.92 Å². The molecule has 0 spiro atoms. The number of halogens is 2. The summed E-state index contributed by atoms with van der Waals surface area (Å²) in [6, 6.07) is 7.81. The first kappa shape index (κ1) is 25.3. The zero-order valence-corrected chi connectivity index (χ0v) is 20.1. The van der Waals surface area contributed by atoms with Crippen LogP contribution in [-0.4, -0.2) is 47.8 Å². The number of ether oxygens (including phenoxy) is 1. The Morgan fingerprint density at radius 3 is 2.70 bits per heavy atom. The molecule has 0 aliphatic carbocycles. The van der Waals surface area contributed by atoms with E-state index in [4.69, 9.17) is 32.9 Å². The number of hydrogen-bond donors (Lipinski definition) is 3. The van der Waals surface area contributed by atoms with E-state index in [0.29, 0.717) is 6.61 Å². The van der Waals surface area contributed by atoms with Crippen LogP contribution in [0.3, 0.4) is 0 Å². The number of rotatable bonds is 11. The molecule has 2 heterocycles. The monoisotopic (exact) mass is 493 g/mol. The average molecular weight is 494 g/mol. The normalized spacial score (nSPS) is 14.6. The smallest absolute Gasteiger partial charge is 0.326 e. The van der Waals surface area contributed by atoms with E-state index < -0.39 is 17.9 Å². The third kappa shape index (κ3) is 7.32. The molecule has 0 fully saturated rings. The summed E-state index contributed by atoms with van der Waals surface area (Å²) < 4.78 is 5.69. The number of fused-ring (bicyclic) bond motifs is 1. The molecule has 1 aliphatic heterocycles. The molecule has 1 aromatic carbocycles. The summed E-state index contributed by atoms with van der Waals surface area (Å²) in [7, 11) is 0. The molecule has 0 radical (unpaired) electrons. The first-order chi connectivity index (χ1) is 15.8. The fraction of sp³-hybridized carbons (Fsp3) is 0.458. The van der Waals surface area contributed by atoms with Crippen LogP contribution < -0.4 is 10.6 Å². The largest absolute Gasteiger partial charge is 0.480 e. The zero-order valence-electron chi connectivity index (χ0n) is 18.6. The van der Waals surface area contributed by atoms with Crippen LogP contribution in [0.15, 0.2) is 30.3 Å². The van der Waals surface area contributed by atoms with Crippen LogP contribution in [0.4, 0.5) is 5.82 Å². The van der Waals surface area contributed by atoms with Crippen LogP contribution in [0.5, 0.6) is 0 Å².